The SMILES string of the molecule is c1ccc(-c2ccnnc2)pc1. The molecule has 2 nitrogen and oxygen atoms in total. The lowest BCUT2D eigenvalue weighted by molar-refractivity contribution is 1.03. The van der Waals surface area contributed by atoms with Crippen LogP contribution in [-0.4, -0.2) is 10.2 Å². The van der Waals surface area contributed by atoms with Crippen molar-refractivity contribution in [2.24, 2.45) is 0 Å². The van der Waals surface area contributed by atoms with Gasteiger partial charge in [0.05, 0.1) is 12.4 Å². The molecule has 12 heavy (non-hydrogen) atoms. The quantitative estimate of drug-likeness (QED) is 0.664. The lowest BCUT2D eigenvalue weighted by Gasteiger charge is -1.96. The van der Waals surface area contributed by atoms with Crippen LogP contribution >= 0.6 is 8.19 Å². The molecule has 2 rings (SSSR count). The van der Waals surface area contributed by atoms with Crippen molar-refractivity contribution in [1.29, 1.82) is 0 Å². The average molecular weight is 174 g/mol. The molecule has 0 aliphatic rings. The van der Waals surface area contributed by atoms with Gasteiger partial charge >= 0.3 is 0 Å². The van der Waals surface area contributed by atoms with Gasteiger partial charge in [-0.3, -0.25) is 0 Å². The molecule has 0 amide bonds. The van der Waals surface area contributed by atoms with E-state index >= 15 is 0 Å². The monoisotopic (exact) mass is 174 g/mol. The van der Waals surface area contributed by atoms with E-state index in [9.17, 15) is 0 Å². The minimum atomic E-state index is 1.15. The maximum Gasteiger partial charge on any atom is 0.0578 e. The molecule has 2 aromatic heterocycles. The summed E-state index contributed by atoms with van der Waals surface area (Å²) >= 11 is 0. The molecule has 0 atom stereocenters. The largest absolute Gasteiger partial charge is 0.159 e. The molecule has 0 saturated carbocycles. The van der Waals surface area contributed by atoms with E-state index < -0.39 is 0 Å². The topological polar surface area (TPSA) is 25.8 Å². The van der Waals surface area contributed by atoms with Gasteiger partial charge in [0.15, 0.2) is 0 Å². The van der Waals surface area contributed by atoms with E-state index in [1.54, 1.807) is 12.4 Å². The first-order chi connectivity index (χ1) is 5.97. The number of aromatic nitrogens is 2. The molecule has 0 spiro atoms. The van der Waals surface area contributed by atoms with Crippen LogP contribution in [0.1, 0.15) is 0 Å². The van der Waals surface area contributed by atoms with E-state index in [1.807, 2.05) is 18.2 Å². The Morgan fingerprint density at radius 3 is 2.75 bits per heavy atom. The second-order valence-electron chi connectivity index (χ2n) is 2.35. The first-order valence-corrected chi connectivity index (χ1v) is 4.61. The van der Waals surface area contributed by atoms with Crippen LogP contribution in [0, 0.1) is 0 Å². The van der Waals surface area contributed by atoms with Crippen LogP contribution in [0.3, 0.4) is 0 Å². The van der Waals surface area contributed by atoms with Gasteiger partial charge in [0.1, 0.15) is 0 Å². The Labute approximate surface area is 72.4 Å². The number of hydrogen-bond donors (Lipinski definition) is 0. The summed E-state index contributed by atoms with van der Waals surface area (Å²) in [6, 6.07) is 8.14. The van der Waals surface area contributed by atoms with Crippen molar-refractivity contribution < 1.29 is 0 Å². The number of rotatable bonds is 1. The van der Waals surface area contributed by atoms with Gasteiger partial charge in [-0.05, 0) is 17.9 Å². The first-order valence-electron chi connectivity index (χ1n) is 3.65. The molecule has 0 fully saturated rings. The van der Waals surface area contributed by atoms with E-state index in [-0.39, 0.29) is 0 Å². The fourth-order valence-corrected chi connectivity index (χ4v) is 1.78. The van der Waals surface area contributed by atoms with Gasteiger partial charge in [0.25, 0.3) is 0 Å². The van der Waals surface area contributed by atoms with Crippen LogP contribution in [0.25, 0.3) is 10.9 Å². The Morgan fingerprint density at radius 2 is 2.08 bits per heavy atom. The Morgan fingerprint density at radius 1 is 1.08 bits per heavy atom. The third-order valence-electron chi connectivity index (χ3n) is 1.54. The molecule has 0 aliphatic heterocycles. The van der Waals surface area contributed by atoms with Gasteiger partial charge in [0.2, 0.25) is 0 Å². The van der Waals surface area contributed by atoms with Gasteiger partial charge in [-0.2, -0.15) is 10.2 Å². The second-order valence-corrected chi connectivity index (χ2v) is 3.38. The normalized spacial score (nSPS) is 10.3. The van der Waals surface area contributed by atoms with Gasteiger partial charge in [-0.25, -0.2) is 0 Å². The molecule has 0 N–H and O–H groups in total. The van der Waals surface area contributed by atoms with Crippen LogP contribution in [0.5, 0.6) is 0 Å². The standard InChI is InChI=1S/C9H7N2P/c1-2-6-12-9(3-1)8-4-5-10-11-7-8/h1-7H. The summed E-state index contributed by atoms with van der Waals surface area (Å²) in [7, 11) is 1.22. The summed E-state index contributed by atoms with van der Waals surface area (Å²) in [4.78, 5) is 0. The minimum Gasteiger partial charge on any atom is -0.159 e. The maximum absolute atomic E-state index is 3.83. The highest BCUT2D eigenvalue weighted by molar-refractivity contribution is 7.33. The van der Waals surface area contributed by atoms with Crippen LogP contribution < -0.4 is 0 Å². The number of nitrogens with zero attached hydrogens (tertiary/aromatic N) is 2. The molecular formula is C9H7N2P. The van der Waals surface area contributed by atoms with Gasteiger partial charge < -0.3 is 0 Å². The lowest BCUT2D eigenvalue weighted by Crippen LogP contribution is -1.78. The number of hydrogen-bond acceptors (Lipinski definition) is 2. The Balaban J connectivity index is 2.46. The molecule has 2 heterocycles. The molecule has 58 valence electrons. The Hall–Kier alpha value is -1.27. The molecular weight excluding hydrogens is 167 g/mol. The lowest BCUT2D eigenvalue weighted by atomic mass is 10.2. The molecule has 0 bridgehead atoms. The van der Waals surface area contributed by atoms with Crippen molar-refractivity contribution in [3.8, 4) is 10.9 Å². The van der Waals surface area contributed by atoms with E-state index in [0.29, 0.717) is 0 Å². The van der Waals surface area contributed by atoms with Gasteiger partial charge in [0, 0.05) is 10.9 Å². The molecule has 0 unspecified atom stereocenters. The van der Waals surface area contributed by atoms with Crippen molar-refractivity contribution in [3.05, 3.63) is 42.5 Å². The molecule has 2 aromatic rings. The zero-order valence-electron chi connectivity index (χ0n) is 6.38. The van der Waals surface area contributed by atoms with E-state index in [4.69, 9.17) is 0 Å². The molecule has 0 aromatic carbocycles. The fraction of sp³-hybridized carbons (Fsp3) is 0. The Kier molecular flexibility index (Phi) is 2.10. The van der Waals surface area contributed by atoms with Crippen LogP contribution in [-0.2, 0) is 0 Å². The van der Waals surface area contributed by atoms with Crippen LogP contribution in [0.4, 0.5) is 0 Å². The molecule has 0 radical (unpaired) electrons. The van der Waals surface area contributed by atoms with Gasteiger partial charge in [-0.1, -0.05) is 20.3 Å². The average Bonchev–Trinajstić information content (AvgIpc) is 2.21. The van der Waals surface area contributed by atoms with E-state index in [2.05, 4.69) is 22.1 Å². The highest BCUT2D eigenvalue weighted by atomic mass is 31.0. The van der Waals surface area contributed by atoms with Crippen molar-refractivity contribution >= 4 is 8.19 Å². The highest BCUT2D eigenvalue weighted by Crippen LogP contribution is 2.25. The first kappa shape index (κ1) is 7.38. The summed E-state index contributed by atoms with van der Waals surface area (Å²) in [5.41, 5.74) is 1.15. The van der Waals surface area contributed by atoms with Crippen LogP contribution in [0.15, 0.2) is 42.5 Å². The third-order valence-corrected chi connectivity index (χ3v) is 2.55. The van der Waals surface area contributed by atoms with Crippen molar-refractivity contribution in [3.63, 3.8) is 0 Å². The summed E-state index contributed by atoms with van der Waals surface area (Å²) in [6.45, 7) is 0. The van der Waals surface area contributed by atoms with Crippen molar-refractivity contribution in [1.82, 2.24) is 10.2 Å². The summed E-state index contributed by atoms with van der Waals surface area (Å²) in [6.07, 6.45) is 3.50. The van der Waals surface area contributed by atoms with Crippen molar-refractivity contribution in [2.45, 2.75) is 0 Å². The van der Waals surface area contributed by atoms with Crippen LogP contribution in [0.2, 0.25) is 0 Å². The third kappa shape index (κ3) is 1.49. The molecule has 0 saturated heterocycles. The Bertz CT molecular complexity index is 310. The predicted octanol–water partition coefficient (Wildman–Crippen LogP) is 2.72. The predicted molar refractivity (Wildman–Crippen MR) is 50.0 cm³/mol. The molecule has 3 heteroatoms. The zero-order chi connectivity index (χ0) is 8.23. The smallest absolute Gasteiger partial charge is 0.0578 e. The maximum atomic E-state index is 3.83. The summed E-state index contributed by atoms with van der Waals surface area (Å²) < 4.78 is 0. The highest BCUT2D eigenvalue weighted by Gasteiger charge is 1.94. The molecule has 0 aliphatic carbocycles. The summed E-state index contributed by atoms with van der Waals surface area (Å²) in [5, 5.41) is 8.83. The zero-order valence-corrected chi connectivity index (χ0v) is 7.28. The van der Waals surface area contributed by atoms with E-state index in [1.165, 1.54) is 13.5 Å². The van der Waals surface area contributed by atoms with E-state index in [0.717, 1.165) is 5.56 Å². The van der Waals surface area contributed by atoms with Crippen molar-refractivity contribution in [2.75, 3.05) is 0 Å². The fourth-order valence-electron chi connectivity index (χ4n) is 0.976. The second kappa shape index (κ2) is 3.42. The van der Waals surface area contributed by atoms with Gasteiger partial charge in [-0.15, -0.1) is 0 Å². The minimum absolute atomic E-state index is 1.15. The summed E-state index contributed by atoms with van der Waals surface area (Å²) in [5.74, 6) is 2.11.